The van der Waals surface area contributed by atoms with Crippen molar-refractivity contribution in [2.45, 2.75) is 39.3 Å². The summed E-state index contributed by atoms with van der Waals surface area (Å²) in [5, 5.41) is 3.26. The monoisotopic (exact) mass is 283 g/mol. The number of ether oxygens (including phenoxy) is 1. The third kappa shape index (κ3) is 5.24. The molecule has 0 aliphatic rings. The summed E-state index contributed by atoms with van der Waals surface area (Å²) in [6, 6.07) is 17.4. The number of rotatable bonds is 7. The molecular weight excluding hydrogens is 258 g/mol. The van der Waals surface area contributed by atoms with Crippen molar-refractivity contribution in [3.63, 3.8) is 0 Å². The van der Waals surface area contributed by atoms with Crippen LogP contribution >= 0.6 is 0 Å². The molecule has 0 spiro atoms. The lowest BCUT2D eigenvalue weighted by molar-refractivity contribution is 0.306. The van der Waals surface area contributed by atoms with E-state index in [1.54, 1.807) is 0 Å². The Morgan fingerprint density at radius 1 is 1.05 bits per heavy atom. The average molecular weight is 283 g/mol. The molecule has 0 saturated heterocycles. The van der Waals surface area contributed by atoms with Crippen molar-refractivity contribution in [3.05, 3.63) is 65.2 Å². The molecule has 21 heavy (non-hydrogen) atoms. The van der Waals surface area contributed by atoms with Gasteiger partial charge < -0.3 is 10.1 Å². The van der Waals surface area contributed by atoms with Gasteiger partial charge in [-0.2, -0.15) is 0 Å². The molecule has 2 aromatic carbocycles. The van der Waals surface area contributed by atoms with Crippen LogP contribution in [-0.4, -0.2) is 13.1 Å². The van der Waals surface area contributed by atoms with Crippen LogP contribution in [-0.2, 0) is 13.0 Å². The molecule has 0 aliphatic carbocycles. The maximum absolute atomic E-state index is 5.84. The maximum Gasteiger partial charge on any atom is 0.119 e. The van der Waals surface area contributed by atoms with Gasteiger partial charge in [-0.15, -0.1) is 0 Å². The summed E-state index contributed by atoms with van der Waals surface area (Å²) < 4.78 is 5.84. The van der Waals surface area contributed by atoms with Crippen LogP contribution in [0.4, 0.5) is 0 Å². The van der Waals surface area contributed by atoms with Crippen molar-refractivity contribution < 1.29 is 4.74 Å². The lowest BCUT2D eigenvalue weighted by atomic mass is 10.1. The van der Waals surface area contributed by atoms with E-state index in [9.17, 15) is 0 Å². The topological polar surface area (TPSA) is 21.3 Å². The molecule has 2 rings (SSSR count). The van der Waals surface area contributed by atoms with Gasteiger partial charge in [-0.1, -0.05) is 42.0 Å². The predicted octanol–water partition coefficient (Wildman–Crippen LogP) is 4.11. The largest absolute Gasteiger partial charge is 0.489 e. The van der Waals surface area contributed by atoms with E-state index >= 15 is 0 Å². The summed E-state index contributed by atoms with van der Waals surface area (Å²) in [6.07, 6.45) is 2.25. The number of hydrogen-bond donors (Lipinski definition) is 1. The first-order chi connectivity index (χ1) is 10.2. The number of aryl methyl sites for hydroxylation is 2. The van der Waals surface area contributed by atoms with Crippen LogP contribution in [0.1, 0.15) is 30.0 Å². The zero-order chi connectivity index (χ0) is 15.1. The minimum atomic E-state index is 0.558. The third-order valence-corrected chi connectivity index (χ3v) is 3.77. The highest BCUT2D eigenvalue weighted by molar-refractivity contribution is 5.28. The van der Waals surface area contributed by atoms with Crippen molar-refractivity contribution in [1.82, 2.24) is 5.32 Å². The summed E-state index contributed by atoms with van der Waals surface area (Å²) >= 11 is 0. The van der Waals surface area contributed by atoms with E-state index < -0.39 is 0 Å². The van der Waals surface area contributed by atoms with Crippen LogP contribution in [0.2, 0.25) is 0 Å². The van der Waals surface area contributed by atoms with E-state index in [0.717, 1.165) is 18.6 Å². The van der Waals surface area contributed by atoms with E-state index in [0.29, 0.717) is 12.6 Å². The van der Waals surface area contributed by atoms with E-state index in [4.69, 9.17) is 4.74 Å². The van der Waals surface area contributed by atoms with Gasteiger partial charge in [0.1, 0.15) is 12.4 Å². The van der Waals surface area contributed by atoms with Gasteiger partial charge in [0, 0.05) is 6.04 Å². The predicted molar refractivity (Wildman–Crippen MR) is 88.8 cm³/mol. The Hall–Kier alpha value is -1.80. The maximum atomic E-state index is 5.84. The molecule has 2 aromatic rings. The van der Waals surface area contributed by atoms with Crippen molar-refractivity contribution >= 4 is 0 Å². The van der Waals surface area contributed by atoms with Crippen LogP contribution < -0.4 is 10.1 Å². The molecule has 2 nitrogen and oxygen atoms in total. The van der Waals surface area contributed by atoms with E-state index in [1.807, 2.05) is 7.05 Å². The Balaban J connectivity index is 1.85. The highest BCUT2D eigenvalue weighted by Gasteiger charge is 2.01. The lowest BCUT2D eigenvalue weighted by Crippen LogP contribution is -2.21. The summed E-state index contributed by atoms with van der Waals surface area (Å²) in [6.45, 7) is 4.93. The molecule has 0 saturated carbocycles. The fourth-order valence-corrected chi connectivity index (χ4v) is 2.25. The minimum absolute atomic E-state index is 0.558. The van der Waals surface area contributed by atoms with E-state index in [-0.39, 0.29) is 0 Å². The molecule has 0 amide bonds. The third-order valence-electron chi connectivity index (χ3n) is 3.77. The van der Waals surface area contributed by atoms with Crippen LogP contribution in [0.25, 0.3) is 0 Å². The second-order valence-electron chi connectivity index (χ2n) is 5.65. The van der Waals surface area contributed by atoms with Gasteiger partial charge >= 0.3 is 0 Å². The Kier molecular flexibility index (Phi) is 5.82. The first-order valence-corrected chi connectivity index (χ1v) is 7.62. The number of nitrogens with one attached hydrogen (secondary N) is 1. The Morgan fingerprint density at radius 2 is 1.81 bits per heavy atom. The van der Waals surface area contributed by atoms with Crippen LogP contribution in [0, 0.1) is 6.92 Å². The summed E-state index contributed by atoms with van der Waals surface area (Å²) in [7, 11) is 2.01. The van der Waals surface area contributed by atoms with Crippen molar-refractivity contribution in [2.24, 2.45) is 0 Å². The Bertz CT molecular complexity index is 548. The van der Waals surface area contributed by atoms with Gasteiger partial charge in [0.2, 0.25) is 0 Å². The SMILES string of the molecule is CNC(C)CCc1ccc(OCc2cccc(C)c2)cc1. The normalized spacial score (nSPS) is 12.1. The first-order valence-electron chi connectivity index (χ1n) is 7.62. The van der Waals surface area contributed by atoms with Gasteiger partial charge in [0.15, 0.2) is 0 Å². The number of benzene rings is 2. The molecule has 0 fully saturated rings. The molecular formula is C19H25NO. The van der Waals surface area contributed by atoms with Gasteiger partial charge in [0.25, 0.3) is 0 Å². The first kappa shape index (κ1) is 15.6. The molecule has 2 heteroatoms. The molecule has 1 unspecified atom stereocenters. The second-order valence-corrected chi connectivity index (χ2v) is 5.65. The Labute approximate surface area is 128 Å². The fraction of sp³-hybridized carbons (Fsp3) is 0.368. The van der Waals surface area contributed by atoms with Gasteiger partial charge in [-0.05, 0) is 57.0 Å². The lowest BCUT2D eigenvalue weighted by Gasteiger charge is -2.10. The quantitative estimate of drug-likeness (QED) is 0.825. The van der Waals surface area contributed by atoms with E-state index in [1.165, 1.54) is 16.7 Å². The van der Waals surface area contributed by atoms with Crippen LogP contribution in [0.15, 0.2) is 48.5 Å². The van der Waals surface area contributed by atoms with Crippen LogP contribution in [0.5, 0.6) is 5.75 Å². The van der Waals surface area contributed by atoms with Crippen LogP contribution in [0.3, 0.4) is 0 Å². The zero-order valence-corrected chi connectivity index (χ0v) is 13.2. The standard InChI is InChI=1S/C19H25NO/c1-15-5-4-6-18(13-15)14-21-19-11-9-17(10-12-19)8-7-16(2)20-3/h4-6,9-13,16,20H,7-8,14H2,1-3H3. The van der Waals surface area contributed by atoms with E-state index in [2.05, 4.69) is 67.7 Å². The fourth-order valence-electron chi connectivity index (χ4n) is 2.25. The average Bonchev–Trinajstić information content (AvgIpc) is 2.51. The van der Waals surface area contributed by atoms with Crippen molar-refractivity contribution in [3.8, 4) is 5.75 Å². The summed E-state index contributed by atoms with van der Waals surface area (Å²) in [5.41, 5.74) is 3.84. The molecule has 0 heterocycles. The van der Waals surface area contributed by atoms with Crippen molar-refractivity contribution in [1.29, 1.82) is 0 Å². The van der Waals surface area contributed by atoms with Gasteiger partial charge in [0.05, 0.1) is 0 Å². The zero-order valence-electron chi connectivity index (χ0n) is 13.2. The number of hydrogen-bond acceptors (Lipinski definition) is 2. The summed E-state index contributed by atoms with van der Waals surface area (Å²) in [5.74, 6) is 0.932. The summed E-state index contributed by atoms with van der Waals surface area (Å²) in [4.78, 5) is 0. The molecule has 0 radical (unpaired) electrons. The molecule has 0 bridgehead atoms. The van der Waals surface area contributed by atoms with Gasteiger partial charge in [-0.25, -0.2) is 0 Å². The highest BCUT2D eigenvalue weighted by Crippen LogP contribution is 2.16. The van der Waals surface area contributed by atoms with Crippen molar-refractivity contribution in [2.75, 3.05) is 7.05 Å². The molecule has 1 N–H and O–H groups in total. The van der Waals surface area contributed by atoms with Gasteiger partial charge in [-0.3, -0.25) is 0 Å². The smallest absolute Gasteiger partial charge is 0.119 e. The Morgan fingerprint density at radius 3 is 2.48 bits per heavy atom. The molecule has 112 valence electrons. The molecule has 0 aromatic heterocycles. The second kappa shape index (κ2) is 7.84. The highest BCUT2D eigenvalue weighted by atomic mass is 16.5. The molecule has 0 aliphatic heterocycles. The molecule has 1 atom stereocenters. The minimum Gasteiger partial charge on any atom is -0.489 e.